The van der Waals surface area contributed by atoms with Crippen LogP contribution in [0.3, 0.4) is 0 Å². The number of sulfonamides is 1. The Hall–Kier alpha value is -3.11. The number of rotatable bonds is 6. The fourth-order valence-electron chi connectivity index (χ4n) is 4.87. The molecule has 1 saturated heterocycles. The Morgan fingerprint density at radius 1 is 1.03 bits per heavy atom. The van der Waals surface area contributed by atoms with E-state index in [1.807, 2.05) is 58.0 Å². The van der Waals surface area contributed by atoms with E-state index in [1.54, 1.807) is 17.0 Å². The third kappa shape index (κ3) is 5.37. The first-order chi connectivity index (χ1) is 18.1. The Morgan fingerprint density at radius 2 is 1.68 bits per heavy atom. The highest BCUT2D eigenvalue weighted by Gasteiger charge is 2.32. The molecule has 2 heterocycles. The van der Waals surface area contributed by atoms with Crippen LogP contribution in [0.2, 0.25) is 0 Å². The zero-order chi connectivity index (χ0) is 27.0. The number of amides is 1. The monoisotopic (exact) mass is 549 g/mol. The molecule has 1 aliphatic heterocycles. The summed E-state index contributed by atoms with van der Waals surface area (Å²) in [5.74, 6) is -0.236. The molecule has 0 radical (unpaired) electrons. The summed E-state index contributed by atoms with van der Waals surface area (Å²) in [5, 5.41) is 0.607. The predicted octanol–water partition coefficient (Wildman–Crippen LogP) is 5.56. The Balaban J connectivity index is 1.47. The lowest BCUT2D eigenvalue weighted by molar-refractivity contribution is -0.0440. The van der Waals surface area contributed by atoms with Gasteiger partial charge in [0.2, 0.25) is 10.0 Å². The number of carbonyl (C=O) groups is 1. The second kappa shape index (κ2) is 10.6. The van der Waals surface area contributed by atoms with Crippen LogP contribution in [0.15, 0.2) is 71.6 Å². The van der Waals surface area contributed by atoms with Crippen molar-refractivity contribution < 1.29 is 17.9 Å². The Kier molecular flexibility index (Phi) is 7.37. The highest BCUT2D eigenvalue weighted by Crippen LogP contribution is 2.33. The summed E-state index contributed by atoms with van der Waals surface area (Å²) in [6.45, 7) is 8.76. The number of thiazole rings is 1. The minimum absolute atomic E-state index is 0.163. The van der Waals surface area contributed by atoms with E-state index in [-0.39, 0.29) is 23.0 Å². The number of aromatic nitrogens is 1. The zero-order valence-electron chi connectivity index (χ0n) is 21.9. The number of aryl methyl sites for hydroxylation is 2. The molecule has 0 saturated carbocycles. The summed E-state index contributed by atoms with van der Waals surface area (Å²) in [4.78, 5) is 20.5. The van der Waals surface area contributed by atoms with Gasteiger partial charge in [-0.15, -0.1) is 0 Å². The van der Waals surface area contributed by atoms with Crippen LogP contribution in [-0.4, -0.2) is 48.9 Å². The molecule has 38 heavy (non-hydrogen) atoms. The van der Waals surface area contributed by atoms with Crippen LogP contribution in [-0.2, 0) is 21.3 Å². The van der Waals surface area contributed by atoms with E-state index >= 15 is 0 Å². The predicted molar refractivity (Wildman–Crippen MR) is 151 cm³/mol. The quantitative estimate of drug-likeness (QED) is 0.315. The molecule has 2 unspecified atom stereocenters. The van der Waals surface area contributed by atoms with Crippen molar-refractivity contribution >= 4 is 42.6 Å². The molecular formula is C29H31N3O4S2. The van der Waals surface area contributed by atoms with Gasteiger partial charge in [-0.05, 0) is 74.7 Å². The maximum atomic E-state index is 13.8. The van der Waals surface area contributed by atoms with Gasteiger partial charge in [-0.2, -0.15) is 4.31 Å². The van der Waals surface area contributed by atoms with E-state index in [0.29, 0.717) is 30.3 Å². The van der Waals surface area contributed by atoms with Gasteiger partial charge in [0.25, 0.3) is 5.91 Å². The van der Waals surface area contributed by atoms with E-state index < -0.39 is 10.0 Å². The van der Waals surface area contributed by atoms with Crippen LogP contribution in [0.1, 0.15) is 40.9 Å². The molecule has 0 bridgehead atoms. The molecule has 1 aliphatic rings. The second-order valence-electron chi connectivity index (χ2n) is 9.91. The zero-order valence-corrected chi connectivity index (χ0v) is 23.6. The Morgan fingerprint density at radius 3 is 2.34 bits per heavy atom. The molecule has 0 aliphatic carbocycles. The van der Waals surface area contributed by atoms with E-state index in [1.165, 1.54) is 27.8 Å². The van der Waals surface area contributed by atoms with E-state index in [4.69, 9.17) is 9.72 Å². The lowest BCUT2D eigenvalue weighted by Crippen LogP contribution is -2.48. The van der Waals surface area contributed by atoms with Gasteiger partial charge in [-0.3, -0.25) is 9.69 Å². The lowest BCUT2D eigenvalue weighted by atomic mass is 10.1. The van der Waals surface area contributed by atoms with Gasteiger partial charge in [0.1, 0.15) is 0 Å². The molecule has 3 aromatic carbocycles. The number of anilines is 1. The minimum Gasteiger partial charge on any atom is -0.373 e. The van der Waals surface area contributed by atoms with Crippen molar-refractivity contribution in [2.24, 2.45) is 0 Å². The molecule has 9 heteroatoms. The van der Waals surface area contributed by atoms with Gasteiger partial charge in [0, 0.05) is 18.7 Å². The SMILES string of the molecule is Cc1cc(C)c2nc(N(Cc3ccccc3)C(=O)c3ccc(S(=O)(=O)N4CC(C)OC(C)C4)cc3)sc2c1. The third-order valence-corrected chi connectivity index (χ3v) is 9.47. The summed E-state index contributed by atoms with van der Waals surface area (Å²) in [7, 11) is -3.70. The summed E-state index contributed by atoms with van der Waals surface area (Å²) < 4.78 is 34.7. The normalized spacial score (nSPS) is 18.5. The van der Waals surface area contributed by atoms with Gasteiger partial charge in [-0.25, -0.2) is 13.4 Å². The van der Waals surface area contributed by atoms with E-state index in [9.17, 15) is 13.2 Å². The summed E-state index contributed by atoms with van der Waals surface area (Å²) >= 11 is 1.48. The first kappa shape index (κ1) is 26.5. The van der Waals surface area contributed by atoms with Gasteiger partial charge in [0.05, 0.1) is 33.9 Å². The van der Waals surface area contributed by atoms with Crippen LogP contribution in [0.4, 0.5) is 5.13 Å². The van der Waals surface area contributed by atoms with Crippen LogP contribution >= 0.6 is 11.3 Å². The van der Waals surface area contributed by atoms with Crippen molar-refractivity contribution in [1.82, 2.24) is 9.29 Å². The van der Waals surface area contributed by atoms with Crippen molar-refractivity contribution in [2.45, 2.75) is 51.3 Å². The Bertz CT molecular complexity index is 1560. The summed E-state index contributed by atoms with van der Waals surface area (Å²) in [6.07, 6.45) is -0.357. The topological polar surface area (TPSA) is 79.8 Å². The molecule has 198 valence electrons. The van der Waals surface area contributed by atoms with Gasteiger partial charge < -0.3 is 4.74 Å². The van der Waals surface area contributed by atoms with Crippen molar-refractivity contribution in [1.29, 1.82) is 0 Å². The van der Waals surface area contributed by atoms with E-state index in [0.717, 1.165) is 26.9 Å². The molecule has 0 spiro atoms. The maximum Gasteiger partial charge on any atom is 0.260 e. The van der Waals surface area contributed by atoms with Crippen LogP contribution in [0.25, 0.3) is 10.2 Å². The smallest absolute Gasteiger partial charge is 0.260 e. The van der Waals surface area contributed by atoms with Crippen molar-refractivity contribution in [3.63, 3.8) is 0 Å². The number of benzene rings is 3. The molecule has 1 fully saturated rings. The molecule has 1 aromatic heterocycles. The van der Waals surface area contributed by atoms with Crippen molar-refractivity contribution in [3.8, 4) is 0 Å². The number of carbonyl (C=O) groups excluding carboxylic acids is 1. The second-order valence-corrected chi connectivity index (χ2v) is 12.9. The van der Waals surface area contributed by atoms with Crippen LogP contribution < -0.4 is 4.90 Å². The molecule has 2 atom stereocenters. The fourth-order valence-corrected chi connectivity index (χ4v) is 7.60. The maximum absolute atomic E-state index is 13.8. The fraction of sp³-hybridized carbons (Fsp3) is 0.310. The molecule has 1 amide bonds. The first-order valence-corrected chi connectivity index (χ1v) is 14.9. The lowest BCUT2D eigenvalue weighted by Gasteiger charge is -2.34. The summed E-state index contributed by atoms with van der Waals surface area (Å²) in [6, 6.07) is 20.1. The minimum atomic E-state index is -3.70. The third-order valence-electron chi connectivity index (χ3n) is 6.60. The molecular weight excluding hydrogens is 518 g/mol. The van der Waals surface area contributed by atoms with E-state index in [2.05, 4.69) is 12.1 Å². The van der Waals surface area contributed by atoms with Crippen molar-refractivity contribution in [3.05, 3.63) is 89.0 Å². The van der Waals surface area contributed by atoms with Crippen LogP contribution in [0.5, 0.6) is 0 Å². The number of hydrogen-bond acceptors (Lipinski definition) is 6. The van der Waals surface area contributed by atoms with Crippen LogP contribution in [0, 0.1) is 13.8 Å². The highest BCUT2D eigenvalue weighted by atomic mass is 32.2. The van der Waals surface area contributed by atoms with Gasteiger partial charge in [0.15, 0.2) is 5.13 Å². The first-order valence-electron chi connectivity index (χ1n) is 12.6. The Labute approximate surface area is 227 Å². The average Bonchev–Trinajstić information content (AvgIpc) is 3.31. The van der Waals surface area contributed by atoms with Gasteiger partial charge >= 0.3 is 0 Å². The highest BCUT2D eigenvalue weighted by molar-refractivity contribution is 7.89. The average molecular weight is 550 g/mol. The van der Waals surface area contributed by atoms with Gasteiger partial charge in [-0.1, -0.05) is 47.7 Å². The number of fused-ring (bicyclic) bond motifs is 1. The number of hydrogen-bond donors (Lipinski definition) is 0. The largest absolute Gasteiger partial charge is 0.373 e. The molecule has 7 nitrogen and oxygen atoms in total. The number of nitrogens with zero attached hydrogens (tertiary/aromatic N) is 3. The standard InChI is InChI=1S/C29H31N3O4S2/c1-19-14-20(2)27-26(15-19)37-29(30-27)32(18-23-8-6-5-7-9-23)28(33)24-10-12-25(13-11-24)38(34,35)31-16-21(3)36-22(4)17-31/h5-15,21-22H,16-18H2,1-4H3. The van der Waals surface area contributed by atoms with Crippen molar-refractivity contribution in [2.75, 3.05) is 18.0 Å². The number of morpholine rings is 1. The molecule has 5 rings (SSSR count). The molecule has 4 aromatic rings. The summed E-state index contributed by atoms with van der Waals surface area (Å²) in [5.41, 5.74) is 4.47. The number of ether oxygens (including phenoxy) is 1. The molecule has 0 N–H and O–H groups in total.